The normalized spacial score (nSPS) is 16.5. The van der Waals surface area contributed by atoms with Gasteiger partial charge in [-0.25, -0.2) is 0 Å². The zero-order valence-electron chi connectivity index (χ0n) is 13.1. The summed E-state index contributed by atoms with van der Waals surface area (Å²) in [4.78, 5) is 23.6. The third kappa shape index (κ3) is 3.00. The number of nitrogens with one attached hydrogen (secondary N) is 2. The number of para-hydroxylation sites is 1. The molecule has 8 heteroatoms. The lowest BCUT2D eigenvalue weighted by Crippen LogP contribution is -2.54. The monoisotopic (exact) mass is 329 g/mol. The number of amides is 1. The molecule has 0 unspecified atom stereocenters. The fourth-order valence-electron chi connectivity index (χ4n) is 3.10. The zero-order valence-corrected chi connectivity index (χ0v) is 13.1. The first-order chi connectivity index (χ1) is 11.6. The van der Waals surface area contributed by atoms with E-state index in [4.69, 9.17) is 0 Å². The van der Waals surface area contributed by atoms with Crippen LogP contribution in [0.15, 0.2) is 42.7 Å². The first kappa shape index (κ1) is 16.1. The zero-order chi connectivity index (χ0) is 17.0. The van der Waals surface area contributed by atoms with E-state index in [0.29, 0.717) is 18.4 Å². The van der Waals surface area contributed by atoms with Crippen molar-refractivity contribution in [3.05, 3.63) is 58.4 Å². The van der Waals surface area contributed by atoms with Crippen LogP contribution < -0.4 is 10.6 Å². The van der Waals surface area contributed by atoms with Gasteiger partial charge in [-0.3, -0.25) is 19.6 Å². The van der Waals surface area contributed by atoms with Crippen molar-refractivity contribution in [2.75, 3.05) is 13.1 Å². The van der Waals surface area contributed by atoms with Gasteiger partial charge in [-0.15, -0.1) is 0 Å². The molecule has 1 aliphatic rings. The Kier molecular flexibility index (Phi) is 4.57. The smallest absolute Gasteiger partial charge is 0.274 e. The maximum atomic E-state index is 12.9. The highest BCUT2D eigenvalue weighted by Crippen LogP contribution is 2.27. The summed E-state index contributed by atoms with van der Waals surface area (Å²) in [5.41, 5.74) is -0.255. The molecule has 0 saturated carbocycles. The minimum atomic E-state index is -0.752. The van der Waals surface area contributed by atoms with E-state index in [9.17, 15) is 14.9 Å². The fourth-order valence-corrected chi connectivity index (χ4v) is 3.10. The third-order valence-corrected chi connectivity index (χ3v) is 4.42. The van der Waals surface area contributed by atoms with Gasteiger partial charge in [0.2, 0.25) is 5.91 Å². The Morgan fingerprint density at radius 3 is 2.75 bits per heavy atom. The third-order valence-electron chi connectivity index (χ3n) is 4.42. The molecule has 8 nitrogen and oxygen atoms in total. The van der Waals surface area contributed by atoms with Crippen molar-refractivity contribution in [1.82, 2.24) is 20.4 Å². The van der Waals surface area contributed by atoms with Crippen LogP contribution in [-0.2, 0) is 16.9 Å². The minimum absolute atomic E-state index is 0.0104. The summed E-state index contributed by atoms with van der Waals surface area (Å²) < 4.78 is 1.70. The van der Waals surface area contributed by atoms with E-state index in [2.05, 4.69) is 15.7 Å². The molecule has 0 atom stereocenters. The lowest BCUT2D eigenvalue weighted by atomic mass is 9.87. The van der Waals surface area contributed by atoms with Crippen LogP contribution in [-0.4, -0.2) is 33.7 Å². The van der Waals surface area contributed by atoms with Gasteiger partial charge in [0.1, 0.15) is 5.54 Å². The first-order valence-corrected chi connectivity index (χ1v) is 7.85. The molecule has 0 spiro atoms. The molecule has 2 heterocycles. The molecule has 0 aliphatic carbocycles. The van der Waals surface area contributed by atoms with Crippen LogP contribution in [0.3, 0.4) is 0 Å². The Labute approximate surface area is 139 Å². The number of hydrogen-bond donors (Lipinski definition) is 2. The number of rotatable bonds is 5. The summed E-state index contributed by atoms with van der Waals surface area (Å²) >= 11 is 0. The van der Waals surface area contributed by atoms with Gasteiger partial charge in [-0.05, 0) is 32.0 Å². The van der Waals surface area contributed by atoms with Crippen molar-refractivity contribution in [3.63, 3.8) is 0 Å². The Hall–Kier alpha value is -2.74. The standard InChI is InChI=1S/C16H19N5O3/c22-15(18-12-13-4-1-2-5-14(13)21(23)24)16(6-9-17-10-7-16)20-11-3-8-19-20/h1-5,8,11,17H,6-7,9-10,12H2,(H,18,22). The van der Waals surface area contributed by atoms with E-state index in [1.165, 1.54) is 6.07 Å². The average Bonchev–Trinajstić information content (AvgIpc) is 3.15. The number of piperidine rings is 1. The Morgan fingerprint density at radius 1 is 1.33 bits per heavy atom. The molecule has 1 aliphatic heterocycles. The van der Waals surface area contributed by atoms with Crippen LogP contribution in [0.25, 0.3) is 0 Å². The summed E-state index contributed by atoms with van der Waals surface area (Å²) in [6, 6.07) is 8.22. The molecule has 2 N–H and O–H groups in total. The predicted molar refractivity (Wildman–Crippen MR) is 87.2 cm³/mol. The van der Waals surface area contributed by atoms with E-state index in [-0.39, 0.29) is 18.1 Å². The second kappa shape index (κ2) is 6.79. The summed E-state index contributed by atoms with van der Waals surface area (Å²) in [6.45, 7) is 1.56. The number of nitro benzene ring substituents is 1. The van der Waals surface area contributed by atoms with Gasteiger partial charge in [0.15, 0.2) is 0 Å². The number of benzene rings is 1. The molecule has 1 aromatic carbocycles. The summed E-state index contributed by atoms with van der Waals surface area (Å²) in [5.74, 6) is -0.161. The van der Waals surface area contributed by atoms with Crippen molar-refractivity contribution in [1.29, 1.82) is 0 Å². The second-order valence-corrected chi connectivity index (χ2v) is 5.80. The van der Waals surface area contributed by atoms with Crippen LogP contribution in [0.5, 0.6) is 0 Å². The molecule has 1 saturated heterocycles. The van der Waals surface area contributed by atoms with Gasteiger partial charge in [-0.2, -0.15) is 5.10 Å². The largest absolute Gasteiger partial charge is 0.350 e. The van der Waals surface area contributed by atoms with Gasteiger partial charge < -0.3 is 10.6 Å². The molecular weight excluding hydrogens is 310 g/mol. The number of nitrogens with zero attached hydrogens (tertiary/aromatic N) is 3. The SMILES string of the molecule is O=C(NCc1ccccc1[N+](=O)[O-])C1(n2cccn2)CCNCC1. The molecule has 1 fully saturated rings. The molecular formula is C16H19N5O3. The van der Waals surface area contributed by atoms with Gasteiger partial charge in [0, 0.05) is 30.6 Å². The molecule has 0 radical (unpaired) electrons. The van der Waals surface area contributed by atoms with Crippen molar-refractivity contribution >= 4 is 11.6 Å². The van der Waals surface area contributed by atoms with Gasteiger partial charge >= 0.3 is 0 Å². The van der Waals surface area contributed by atoms with Gasteiger partial charge in [-0.1, -0.05) is 18.2 Å². The fraction of sp³-hybridized carbons (Fsp3) is 0.375. The Morgan fingerprint density at radius 2 is 2.08 bits per heavy atom. The topological polar surface area (TPSA) is 102 Å². The quantitative estimate of drug-likeness (QED) is 0.633. The Balaban J connectivity index is 1.79. The Bertz CT molecular complexity index is 723. The maximum Gasteiger partial charge on any atom is 0.274 e. The van der Waals surface area contributed by atoms with Crippen LogP contribution in [0.4, 0.5) is 5.69 Å². The second-order valence-electron chi connectivity index (χ2n) is 5.80. The van der Waals surface area contributed by atoms with Crippen LogP contribution in [0.1, 0.15) is 18.4 Å². The van der Waals surface area contributed by atoms with E-state index >= 15 is 0 Å². The van der Waals surface area contributed by atoms with Crippen molar-refractivity contribution in [2.45, 2.75) is 24.9 Å². The first-order valence-electron chi connectivity index (χ1n) is 7.85. The van der Waals surface area contributed by atoms with Crippen molar-refractivity contribution < 1.29 is 9.72 Å². The van der Waals surface area contributed by atoms with E-state index in [0.717, 1.165) is 13.1 Å². The predicted octanol–water partition coefficient (Wildman–Crippen LogP) is 1.19. The number of nitro groups is 1. The lowest BCUT2D eigenvalue weighted by molar-refractivity contribution is -0.385. The van der Waals surface area contributed by atoms with Gasteiger partial charge in [0.25, 0.3) is 5.69 Å². The molecule has 3 rings (SSSR count). The molecule has 0 bridgehead atoms. The molecule has 1 amide bonds. The molecule has 126 valence electrons. The summed E-state index contributed by atoms with van der Waals surface area (Å²) in [5, 5.41) is 21.4. The van der Waals surface area contributed by atoms with Crippen LogP contribution >= 0.6 is 0 Å². The lowest BCUT2D eigenvalue weighted by Gasteiger charge is -2.36. The van der Waals surface area contributed by atoms with Crippen LogP contribution in [0, 0.1) is 10.1 Å². The molecule has 1 aromatic heterocycles. The summed E-state index contributed by atoms with van der Waals surface area (Å²) in [7, 11) is 0. The highest BCUT2D eigenvalue weighted by atomic mass is 16.6. The van der Waals surface area contributed by atoms with Crippen LogP contribution in [0.2, 0.25) is 0 Å². The molecule has 24 heavy (non-hydrogen) atoms. The number of carbonyl (C=O) groups excluding carboxylic acids is 1. The number of carbonyl (C=O) groups is 1. The number of aromatic nitrogens is 2. The van der Waals surface area contributed by atoms with Gasteiger partial charge in [0.05, 0.1) is 4.92 Å². The van der Waals surface area contributed by atoms with Crippen molar-refractivity contribution in [3.8, 4) is 0 Å². The summed E-state index contributed by atoms with van der Waals surface area (Å²) in [6.07, 6.45) is 4.68. The highest BCUT2D eigenvalue weighted by molar-refractivity contribution is 5.84. The van der Waals surface area contributed by atoms with E-state index in [1.807, 2.05) is 0 Å². The van der Waals surface area contributed by atoms with E-state index in [1.54, 1.807) is 41.3 Å². The number of hydrogen-bond acceptors (Lipinski definition) is 5. The van der Waals surface area contributed by atoms with E-state index < -0.39 is 10.5 Å². The maximum absolute atomic E-state index is 12.9. The highest BCUT2D eigenvalue weighted by Gasteiger charge is 2.41. The average molecular weight is 329 g/mol. The minimum Gasteiger partial charge on any atom is -0.350 e. The van der Waals surface area contributed by atoms with Crippen molar-refractivity contribution in [2.24, 2.45) is 0 Å². The molecule has 2 aromatic rings.